The highest BCUT2D eigenvalue weighted by Crippen LogP contribution is 2.28. The molecule has 1 atom stereocenters. The largest absolute Gasteiger partial charge is 0.496 e. The molecule has 0 aliphatic heterocycles. The van der Waals surface area contributed by atoms with Crippen LogP contribution in [0.4, 0.5) is 0 Å². The van der Waals surface area contributed by atoms with E-state index < -0.39 is 0 Å². The highest BCUT2D eigenvalue weighted by molar-refractivity contribution is 5.85. The summed E-state index contributed by atoms with van der Waals surface area (Å²) in [6.07, 6.45) is 7.56. The van der Waals surface area contributed by atoms with Crippen LogP contribution in [0.2, 0.25) is 0 Å². The lowest BCUT2D eigenvalue weighted by Crippen LogP contribution is -2.57. The van der Waals surface area contributed by atoms with E-state index >= 15 is 0 Å². The molecule has 1 unspecified atom stereocenters. The van der Waals surface area contributed by atoms with Crippen LogP contribution < -0.4 is 15.4 Å². The maximum atomic E-state index is 5.54. The maximum Gasteiger partial charge on any atom is 0.123 e. The Morgan fingerprint density at radius 2 is 1.57 bits per heavy atom. The first-order valence-electron chi connectivity index (χ1n) is 9.97. The fourth-order valence-corrected chi connectivity index (χ4v) is 4.08. The van der Waals surface area contributed by atoms with Gasteiger partial charge in [0, 0.05) is 18.2 Å². The molecule has 28 heavy (non-hydrogen) atoms. The van der Waals surface area contributed by atoms with Crippen LogP contribution in [0.25, 0.3) is 0 Å². The molecule has 0 spiro atoms. The second-order valence-electron chi connectivity index (χ2n) is 7.27. The SMILES string of the molecule is CCC(NCc1ccccc1OC)(NC1CCCCC1)c1ccccc1.Cl.Cl. The topological polar surface area (TPSA) is 33.3 Å². The Labute approximate surface area is 182 Å². The van der Waals surface area contributed by atoms with Gasteiger partial charge in [0.1, 0.15) is 5.75 Å². The molecule has 3 rings (SSSR count). The van der Waals surface area contributed by atoms with Crippen molar-refractivity contribution >= 4 is 24.8 Å². The highest BCUT2D eigenvalue weighted by Gasteiger charge is 2.32. The van der Waals surface area contributed by atoms with Crippen molar-refractivity contribution in [2.24, 2.45) is 0 Å². The monoisotopic (exact) mass is 424 g/mol. The molecule has 1 aliphatic carbocycles. The number of ether oxygens (including phenoxy) is 1. The average Bonchev–Trinajstić information content (AvgIpc) is 2.73. The van der Waals surface area contributed by atoms with Crippen molar-refractivity contribution in [2.45, 2.75) is 63.7 Å². The van der Waals surface area contributed by atoms with Crippen molar-refractivity contribution in [3.05, 3.63) is 65.7 Å². The molecule has 0 saturated heterocycles. The zero-order valence-electron chi connectivity index (χ0n) is 16.9. The first kappa shape index (κ1) is 24.8. The minimum Gasteiger partial charge on any atom is -0.496 e. The summed E-state index contributed by atoms with van der Waals surface area (Å²) in [6, 6.07) is 19.7. The second-order valence-corrected chi connectivity index (χ2v) is 7.27. The van der Waals surface area contributed by atoms with Gasteiger partial charge in [0.25, 0.3) is 0 Å². The molecule has 0 heterocycles. The van der Waals surface area contributed by atoms with Gasteiger partial charge >= 0.3 is 0 Å². The van der Waals surface area contributed by atoms with E-state index in [1.54, 1.807) is 7.11 Å². The van der Waals surface area contributed by atoms with Gasteiger partial charge < -0.3 is 4.74 Å². The van der Waals surface area contributed by atoms with E-state index in [0.29, 0.717) is 6.04 Å². The van der Waals surface area contributed by atoms with Crippen molar-refractivity contribution in [3.8, 4) is 5.75 Å². The number of hydrogen-bond donors (Lipinski definition) is 2. The fraction of sp³-hybridized carbons (Fsp3) is 0.478. The van der Waals surface area contributed by atoms with Crippen LogP contribution >= 0.6 is 24.8 Å². The van der Waals surface area contributed by atoms with Gasteiger partial charge in [-0.2, -0.15) is 0 Å². The zero-order chi connectivity index (χ0) is 18.2. The predicted octanol–water partition coefficient (Wildman–Crippen LogP) is 5.81. The Morgan fingerprint density at radius 1 is 0.929 bits per heavy atom. The number of hydrogen-bond acceptors (Lipinski definition) is 3. The van der Waals surface area contributed by atoms with Gasteiger partial charge in [0.15, 0.2) is 0 Å². The molecule has 2 N–H and O–H groups in total. The van der Waals surface area contributed by atoms with E-state index in [0.717, 1.165) is 18.7 Å². The van der Waals surface area contributed by atoms with Crippen molar-refractivity contribution in [1.29, 1.82) is 0 Å². The molecule has 0 aromatic heterocycles. The van der Waals surface area contributed by atoms with Crippen LogP contribution in [0.3, 0.4) is 0 Å². The Balaban J connectivity index is 0.00000196. The summed E-state index contributed by atoms with van der Waals surface area (Å²) in [5, 5.41) is 7.84. The predicted molar refractivity (Wildman–Crippen MR) is 123 cm³/mol. The van der Waals surface area contributed by atoms with Crippen LogP contribution in [-0.2, 0) is 12.2 Å². The standard InChI is InChI=1S/C23H32N2O.2ClH/c1-3-23(20-13-6-4-7-14-20,25-21-15-8-5-9-16-21)24-18-19-12-10-11-17-22(19)26-2;;/h4,6-7,10-14,17,21,24-25H,3,5,8-9,15-16,18H2,1-2H3;2*1H. The van der Waals surface area contributed by atoms with Crippen molar-refractivity contribution < 1.29 is 4.74 Å². The molecule has 1 fully saturated rings. The number of benzene rings is 2. The third-order valence-electron chi connectivity index (χ3n) is 5.63. The number of methoxy groups -OCH3 is 1. The summed E-state index contributed by atoms with van der Waals surface area (Å²) >= 11 is 0. The summed E-state index contributed by atoms with van der Waals surface area (Å²) in [5.41, 5.74) is 2.28. The molecule has 0 bridgehead atoms. The Hall–Kier alpha value is -1.26. The summed E-state index contributed by atoms with van der Waals surface area (Å²) in [6.45, 7) is 3.03. The highest BCUT2D eigenvalue weighted by atomic mass is 35.5. The molecule has 0 radical (unpaired) electrons. The van der Waals surface area contributed by atoms with Crippen LogP contribution in [-0.4, -0.2) is 13.2 Å². The lowest BCUT2D eigenvalue weighted by Gasteiger charge is -2.40. The minimum atomic E-state index is -0.218. The Bertz CT molecular complexity index is 677. The van der Waals surface area contributed by atoms with Crippen LogP contribution in [0, 0.1) is 0 Å². The molecule has 1 aliphatic rings. The van der Waals surface area contributed by atoms with E-state index in [2.05, 4.69) is 60.0 Å². The number of halogens is 2. The number of rotatable bonds is 8. The molecule has 156 valence electrons. The van der Waals surface area contributed by atoms with Crippen LogP contribution in [0.5, 0.6) is 5.75 Å². The van der Waals surface area contributed by atoms with E-state index in [1.165, 1.54) is 43.2 Å². The van der Waals surface area contributed by atoms with Gasteiger partial charge in [0.05, 0.1) is 12.8 Å². The third kappa shape index (κ3) is 6.12. The van der Waals surface area contributed by atoms with E-state index in [1.807, 2.05) is 12.1 Å². The van der Waals surface area contributed by atoms with E-state index in [-0.39, 0.29) is 30.5 Å². The second kappa shape index (κ2) is 12.3. The van der Waals surface area contributed by atoms with Crippen molar-refractivity contribution in [2.75, 3.05) is 7.11 Å². The lowest BCUT2D eigenvalue weighted by molar-refractivity contribution is 0.192. The average molecular weight is 425 g/mol. The van der Waals surface area contributed by atoms with Crippen molar-refractivity contribution in [3.63, 3.8) is 0 Å². The van der Waals surface area contributed by atoms with Gasteiger partial charge in [-0.3, -0.25) is 10.6 Å². The van der Waals surface area contributed by atoms with Gasteiger partial charge in [-0.15, -0.1) is 24.8 Å². The van der Waals surface area contributed by atoms with Crippen LogP contribution in [0.1, 0.15) is 56.6 Å². The molecule has 2 aromatic rings. The first-order valence-corrected chi connectivity index (χ1v) is 9.97. The summed E-state index contributed by atoms with van der Waals surface area (Å²) < 4.78 is 5.54. The summed E-state index contributed by atoms with van der Waals surface area (Å²) in [7, 11) is 1.74. The smallest absolute Gasteiger partial charge is 0.123 e. The summed E-state index contributed by atoms with van der Waals surface area (Å²) in [5.74, 6) is 0.940. The van der Waals surface area contributed by atoms with Crippen molar-refractivity contribution in [1.82, 2.24) is 10.6 Å². The molecular formula is C23H34Cl2N2O. The van der Waals surface area contributed by atoms with E-state index in [9.17, 15) is 0 Å². The molecular weight excluding hydrogens is 391 g/mol. The lowest BCUT2D eigenvalue weighted by atomic mass is 9.90. The van der Waals surface area contributed by atoms with Gasteiger partial charge in [-0.05, 0) is 30.9 Å². The first-order chi connectivity index (χ1) is 12.8. The molecule has 1 saturated carbocycles. The Kier molecular flexibility index (Phi) is 10.9. The number of nitrogens with one attached hydrogen (secondary N) is 2. The molecule has 3 nitrogen and oxygen atoms in total. The van der Waals surface area contributed by atoms with E-state index in [4.69, 9.17) is 4.74 Å². The Morgan fingerprint density at radius 3 is 2.21 bits per heavy atom. The molecule has 5 heteroatoms. The molecule has 0 amide bonds. The van der Waals surface area contributed by atoms with Gasteiger partial charge in [0.2, 0.25) is 0 Å². The number of para-hydroxylation sites is 1. The van der Waals surface area contributed by atoms with Crippen LogP contribution in [0.15, 0.2) is 54.6 Å². The zero-order valence-corrected chi connectivity index (χ0v) is 18.6. The molecule has 2 aromatic carbocycles. The summed E-state index contributed by atoms with van der Waals surface area (Å²) in [4.78, 5) is 0. The third-order valence-corrected chi connectivity index (χ3v) is 5.63. The quantitative estimate of drug-likeness (QED) is 0.524. The van der Waals surface area contributed by atoms with Gasteiger partial charge in [-0.25, -0.2) is 0 Å². The minimum absolute atomic E-state index is 0. The van der Waals surface area contributed by atoms with Gasteiger partial charge in [-0.1, -0.05) is 74.7 Å². The fourth-order valence-electron chi connectivity index (χ4n) is 4.08. The normalized spacial score (nSPS) is 16.4. The maximum absolute atomic E-state index is 5.54.